The van der Waals surface area contributed by atoms with Crippen LogP contribution in [0.25, 0.3) is 16.3 Å². The molecule has 0 heterocycles. The Morgan fingerprint density at radius 2 is 1.82 bits per heavy atom. The Bertz CT molecular complexity index is 798. The standard InChI is InChI=1S/C21H23N/c1-15-9-10-17(13-15)19-12-11-16-7-5-6-8-18(16)20(19)14-22-21(2,3)4/h5-9,11-14H,10H2,1-4H3. The summed E-state index contributed by atoms with van der Waals surface area (Å²) >= 11 is 0. The van der Waals surface area contributed by atoms with Crippen LogP contribution in [0.4, 0.5) is 0 Å². The molecule has 112 valence electrons. The van der Waals surface area contributed by atoms with Crippen molar-refractivity contribution in [1.29, 1.82) is 0 Å². The van der Waals surface area contributed by atoms with Gasteiger partial charge in [0.2, 0.25) is 0 Å². The van der Waals surface area contributed by atoms with Crippen LogP contribution in [0.15, 0.2) is 59.1 Å². The Morgan fingerprint density at radius 3 is 2.50 bits per heavy atom. The Hall–Kier alpha value is -2.15. The van der Waals surface area contributed by atoms with Crippen LogP contribution >= 0.6 is 0 Å². The van der Waals surface area contributed by atoms with E-state index in [0.717, 1.165) is 6.42 Å². The van der Waals surface area contributed by atoms with Gasteiger partial charge in [-0.2, -0.15) is 0 Å². The fourth-order valence-electron chi connectivity index (χ4n) is 2.82. The lowest BCUT2D eigenvalue weighted by molar-refractivity contribution is 0.587. The second-order valence-corrected chi connectivity index (χ2v) is 7.00. The van der Waals surface area contributed by atoms with Crippen LogP contribution in [0.5, 0.6) is 0 Å². The number of aliphatic imine (C=N–C) groups is 1. The Labute approximate surface area is 133 Å². The largest absolute Gasteiger partial charge is 0.287 e. The van der Waals surface area contributed by atoms with E-state index in [4.69, 9.17) is 4.99 Å². The van der Waals surface area contributed by atoms with Crippen molar-refractivity contribution in [2.24, 2.45) is 4.99 Å². The molecule has 1 aliphatic rings. The van der Waals surface area contributed by atoms with Crippen molar-refractivity contribution >= 4 is 22.6 Å². The van der Waals surface area contributed by atoms with Crippen molar-refractivity contribution in [1.82, 2.24) is 0 Å². The molecular formula is C21H23N. The lowest BCUT2D eigenvalue weighted by atomic mass is 9.94. The van der Waals surface area contributed by atoms with Gasteiger partial charge in [0.15, 0.2) is 0 Å². The van der Waals surface area contributed by atoms with Crippen LogP contribution in [0, 0.1) is 0 Å². The third kappa shape index (κ3) is 3.04. The van der Waals surface area contributed by atoms with Gasteiger partial charge in [-0.3, -0.25) is 4.99 Å². The zero-order valence-corrected chi connectivity index (χ0v) is 13.9. The molecule has 0 amide bonds. The van der Waals surface area contributed by atoms with Crippen LogP contribution in [0.3, 0.4) is 0 Å². The third-order valence-electron chi connectivity index (χ3n) is 3.94. The van der Waals surface area contributed by atoms with E-state index in [1.165, 1.54) is 33.0 Å². The third-order valence-corrected chi connectivity index (χ3v) is 3.94. The maximum absolute atomic E-state index is 4.76. The summed E-state index contributed by atoms with van der Waals surface area (Å²) in [6.45, 7) is 8.56. The molecule has 0 fully saturated rings. The van der Waals surface area contributed by atoms with Crippen LogP contribution in [-0.4, -0.2) is 11.8 Å². The topological polar surface area (TPSA) is 12.4 Å². The van der Waals surface area contributed by atoms with Gasteiger partial charge in [0.05, 0.1) is 5.54 Å². The summed E-state index contributed by atoms with van der Waals surface area (Å²) in [5, 5.41) is 2.54. The van der Waals surface area contributed by atoms with Crippen molar-refractivity contribution in [2.75, 3.05) is 0 Å². The molecule has 0 saturated carbocycles. The molecule has 0 spiro atoms. The van der Waals surface area contributed by atoms with E-state index in [1.54, 1.807) is 0 Å². The first-order chi connectivity index (χ1) is 10.4. The lowest BCUT2D eigenvalue weighted by Crippen LogP contribution is -2.10. The lowest BCUT2D eigenvalue weighted by Gasteiger charge is -2.14. The molecule has 1 nitrogen and oxygen atoms in total. The minimum atomic E-state index is -0.0631. The SMILES string of the molecule is CC1=CCC(c2ccc3ccccc3c2C=NC(C)(C)C)=C1. The predicted molar refractivity (Wildman–Crippen MR) is 97.6 cm³/mol. The van der Waals surface area contributed by atoms with E-state index in [0.29, 0.717) is 0 Å². The van der Waals surface area contributed by atoms with Crippen molar-refractivity contribution in [2.45, 2.75) is 39.7 Å². The van der Waals surface area contributed by atoms with Gasteiger partial charge in [-0.1, -0.05) is 54.1 Å². The van der Waals surface area contributed by atoms with Crippen molar-refractivity contribution in [3.63, 3.8) is 0 Å². The molecule has 2 aromatic carbocycles. The average molecular weight is 289 g/mol. The molecule has 0 saturated heterocycles. The van der Waals surface area contributed by atoms with Crippen LogP contribution in [-0.2, 0) is 0 Å². The van der Waals surface area contributed by atoms with Crippen molar-refractivity contribution < 1.29 is 0 Å². The van der Waals surface area contributed by atoms with E-state index >= 15 is 0 Å². The van der Waals surface area contributed by atoms with E-state index in [-0.39, 0.29) is 5.54 Å². The summed E-state index contributed by atoms with van der Waals surface area (Å²) in [5.74, 6) is 0. The first-order valence-corrected chi connectivity index (χ1v) is 7.89. The normalized spacial score (nSPS) is 15.5. The van der Waals surface area contributed by atoms with Crippen LogP contribution < -0.4 is 0 Å². The number of benzene rings is 2. The molecule has 0 aromatic heterocycles. The molecule has 0 radical (unpaired) electrons. The minimum absolute atomic E-state index is 0.0631. The Morgan fingerprint density at radius 1 is 1.05 bits per heavy atom. The van der Waals surface area contributed by atoms with E-state index in [1.807, 2.05) is 0 Å². The number of nitrogens with zero attached hydrogens (tertiary/aromatic N) is 1. The average Bonchev–Trinajstić information content (AvgIpc) is 2.90. The molecule has 1 aliphatic carbocycles. The summed E-state index contributed by atoms with van der Waals surface area (Å²) in [6, 6.07) is 13.0. The summed E-state index contributed by atoms with van der Waals surface area (Å²) < 4.78 is 0. The highest BCUT2D eigenvalue weighted by atomic mass is 14.8. The fourth-order valence-corrected chi connectivity index (χ4v) is 2.82. The van der Waals surface area contributed by atoms with Gasteiger partial charge in [0.25, 0.3) is 0 Å². The molecular weight excluding hydrogens is 266 g/mol. The molecule has 1 heteroatoms. The highest BCUT2D eigenvalue weighted by molar-refractivity contribution is 6.04. The molecule has 0 atom stereocenters. The number of allylic oxidation sites excluding steroid dienone is 4. The molecule has 2 aromatic rings. The van der Waals surface area contributed by atoms with Crippen LogP contribution in [0.1, 0.15) is 45.2 Å². The van der Waals surface area contributed by atoms with Crippen molar-refractivity contribution in [3.05, 3.63) is 65.3 Å². The van der Waals surface area contributed by atoms with Gasteiger partial charge in [-0.25, -0.2) is 0 Å². The summed E-state index contributed by atoms with van der Waals surface area (Å²) in [4.78, 5) is 4.76. The van der Waals surface area contributed by atoms with E-state index in [9.17, 15) is 0 Å². The zero-order valence-electron chi connectivity index (χ0n) is 13.9. The predicted octanol–water partition coefficient (Wildman–Crippen LogP) is 5.79. The number of rotatable bonds is 2. The zero-order chi connectivity index (χ0) is 15.7. The van der Waals surface area contributed by atoms with E-state index < -0.39 is 0 Å². The fraction of sp³-hybridized carbons (Fsp3) is 0.286. The number of fused-ring (bicyclic) bond motifs is 1. The highest BCUT2D eigenvalue weighted by Gasteiger charge is 2.13. The molecule has 22 heavy (non-hydrogen) atoms. The number of hydrogen-bond acceptors (Lipinski definition) is 1. The summed E-state index contributed by atoms with van der Waals surface area (Å²) in [7, 11) is 0. The number of hydrogen-bond donors (Lipinski definition) is 0. The molecule has 0 unspecified atom stereocenters. The molecule has 0 bridgehead atoms. The Balaban J connectivity index is 2.20. The van der Waals surface area contributed by atoms with Gasteiger partial charge in [0.1, 0.15) is 0 Å². The monoisotopic (exact) mass is 289 g/mol. The van der Waals surface area contributed by atoms with Gasteiger partial charge < -0.3 is 0 Å². The quantitative estimate of drug-likeness (QED) is 0.620. The second-order valence-electron chi connectivity index (χ2n) is 7.00. The van der Waals surface area contributed by atoms with Gasteiger partial charge in [-0.15, -0.1) is 0 Å². The first kappa shape index (κ1) is 14.8. The maximum atomic E-state index is 4.76. The molecule has 3 rings (SSSR count). The summed E-state index contributed by atoms with van der Waals surface area (Å²) in [6.07, 6.45) is 7.65. The van der Waals surface area contributed by atoms with E-state index in [2.05, 4.69) is 82.5 Å². The maximum Gasteiger partial charge on any atom is 0.0524 e. The van der Waals surface area contributed by atoms with Gasteiger partial charge in [0, 0.05) is 11.8 Å². The van der Waals surface area contributed by atoms with Gasteiger partial charge in [-0.05, 0) is 56.0 Å². The Kier molecular flexibility index (Phi) is 3.74. The van der Waals surface area contributed by atoms with Crippen LogP contribution in [0.2, 0.25) is 0 Å². The molecule has 0 aliphatic heterocycles. The second kappa shape index (κ2) is 5.57. The highest BCUT2D eigenvalue weighted by Crippen LogP contribution is 2.32. The molecule has 0 N–H and O–H groups in total. The minimum Gasteiger partial charge on any atom is -0.287 e. The smallest absolute Gasteiger partial charge is 0.0524 e. The first-order valence-electron chi connectivity index (χ1n) is 7.89. The van der Waals surface area contributed by atoms with Crippen molar-refractivity contribution in [3.8, 4) is 0 Å². The summed E-state index contributed by atoms with van der Waals surface area (Å²) in [5.41, 5.74) is 5.22. The van der Waals surface area contributed by atoms with Gasteiger partial charge >= 0.3 is 0 Å².